The van der Waals surface area contributed by atoms with Gasteiger partial charge in [-0.05, 0) is 32.7 Å². The van der Waals surface area contributed by atoms with Gasteiger partial charge in [0.15, 0.2) is 0 Å². The molecule has 1 aromatic heterocycles. The van der Waals surface area contributed by atoms with Gasteiger partial charge in [-0.25, -0.2) is 9.78 Å². The predicted octanol–water partition coefficient (Wildman–Crippen LogP) is -3.68. The molecule has 0 aliphatic heterocycles. The molecular weight excluding hydrogens is 438 g/mol. The van der Waals surface area contributed by atoms with Crippen molar-refractivity contribution in [1.82, 2.24) is 25.9 Å². The Bertz CT molecular complexity index is 773. The molecule has 0 radical (unpaired) electrons. The highest BCUT2D eigenvalue weighted by Gasteiger charge is 2.32. The number of imidazole rings is 1. The number of carboxylic acids is 1. The topological polar surface area (TPSA) is 246 Å². The van der Waals surface area contributed by atoms with E-state index in [-0.39, 0.29) is 12.8 Å². The van der Waals surface area contributed by atoms with Crippen LogP contribution in [0, 0.1) is 0 Å². The van der Waals surface area contributed by atoms with E-state index in [4.69, 9.17) is 16.6 Å². The highest BCUT2D eigenvalue weighted by molar-refractivity contribution is 5.94. The van der Waals surface area contributed by atoms with Crippen molar-refractivity contribution in [1.29, 1.82) is 0 Å². The average molecular weight is 472 g/mol. The lowest BCUT2D eigenvalue weighted by atomic mass is 10.0. The van der Waals surface area contributed by atoms with E-state index in [1.54, 1.807) is 0 Å². The van der Waals surface area contributed by atoms with Gasteiger partial charge in [0.05, 0.1) is 19.0 Å². The van der Waals surface area contributed by atoms with Crippen LogP contribution in [0.3, 0.4) is 0 Å². The summed E-state index contributed by atoms with van der Waals surface area (Å²) in [5, 5.41) is 35.4. The van der Waals surface area contributed by atoms with Crippen molar-refractivity contribution in [3.63, 3.8) is 0 Å². The van der Waals surface area contributed by atoms with Crippen LogP contribution < -0.4 is 27.4 Å². The number of H-pyrrole nitrogens is 1. The number of unbranched alkanes of at least 4 members (excludes halogenated alkanes) is 1. The third kappa shape index (κ3) is 9.53. The fraction of sp³-hybridized carbons (Fsp3) is 0.632. The largest absolute Gasteiger partial charge is 0.480 e. The van der Waals surface area contributed by atoms with Gasteiger partial charge >= 0.3 is 5.97 Å². The number of nitrogens with one attached hydrogen (secondary N) is 4. The van der Waals surface area contributed by atoms with Crippen LogP contribution in [0.25, 0.3) is 0 Å². The lowest BCUT2D eigenvalue weighted by molar-refractivity contribution is -0.142. The van der Waals surface area contributed by atoms with Crippen molar-refractivity contribution in [3.05, 3.63) is 18.2 Å². The molecule has 1 aromatic rings. The summed E-state index contributed by atoms with van der Waals surface area (Å²) in [6.07, 6.45) is 2.54. The number of aliphatic hydroxyl groups excluding tert-OH is 2. The Morgan fingerprint density at radius 1 is 1.09 bits per heavy atom. The molecule has 14 heteroatoms. The number of aliphatic carboxylic acids is 1. The Kier molecular flexibility index (Phi) is 12.0. The van der Waals surface area contributed by atoms with E-state index >= 15 is 0 Å². The third-order valence-electron chi connectivity index (χ3n) is 4.77. The molecule has 0 saturated heterocycles. The van der Waals surface area contributed by atoms with Crippen molar-refractivity contribution >= 4 is 23.7 Å². The summed E-state index contributed by atoms with van der Waals surface area (Å²) in [4.78, 5) is 55.7. The number of aromatic amines is 1. The van der Waals surface area contributed by atoms with E-state index in [1.165, 1.54) is 19.4 Å². The molecule has 0 fully saturated rings. The Morgan fingerprint density at radius 2 is 1.76 bits per heavy atom. The van der Waals surface area contributed by atoms with Crippen molar-refractivity contribution in [2.45, 2.75) is 62.9 Å². The van der Waals surface area contributed by atoms with Crippen LogP contribution in [0.5, 0.6) is 0 Å². The molecule has 0 spiro atoms. The van der Waals surface area contributed by atoms with Gasteiger partial charge in [0, 0.05) is 18.3 Å². The van der Waals surface area contributed by atoms with Crippen molar-refractivity contribution in [3.8, 4) is 0 Å². The predicted molar refractivity (Wildman–Crippen MR) is 115 cm³/mol. The van der Waals surface area contributed by atoms with Crippen LogP contribution in [0.2, 0.25) is 0 Å². The number of nitrogens with two attached hydrogens (primary N) is 2. The molecule has 1 heterocycles. The molecule has 5 atom stereocenters. The molecule has 0 aliphatic rings. The van der Waals surface area contributed by atoms with Gasteiger partial charge in [-0.1, -0.05) is 0 Å². The molecule has 0 aliphatic carbocycles. The number of nitrogens with zero attached hydrogens (tertiary/aromatic N) is 1. The van der Waals surface area contributed by atoms with Gasteiger partial charge in [-0.15, -0.1) is 0 Å². The quantitative estimate of drug-likeness (QED) is 0.113. The highest BCUT2D eigenvalue weighted by atomic mass is 16.4. The number of carboxylic acid groups (broad SMARTS) is 1. The Labute approximate surface area is 190 Å². The molecule has 0 saturated carbocycles. The molecular formula is C19H33N7O7. The summed E-state index contributed by atoms with van der Waals surface area (Å²) in [6.45, 7) is 0.936. The maximum absolute atomic E-state index is 12.8. The Hall–Kier alpha value is -3.07. The first kappa shape index (κ1) is 28.0. The van der Waals surface area contributed by atoms with E-state index in [0.717, 1.165) is 0 Å². The monoisotopic (exact) mass is 471 g/mol. The second-order valence-corrected chi connectivity index (χ2v) is 7.54. The Morgan fingerprint density at radius 3 is 2.27 bits per heavy atom. The first-order chi connectivity index (χ1) is 15.6. The summed E-state index contributed by atoms with van der Waals surface area (Å²) in [5.74, 6) is -3.78. The molecule has 14 nitrogen and oxygen atoms in total. The van der Waals surface area contributed by atoms with E-state index in [9.17, 15) is 29.4 Å². The number of rotatable bonds is 15. The number of aliphatic hydroxyl groups is 2. The van der Waals surface area contributed by atoms with Crippen LogP contribution in [-0.2, 0) is 25.6 Å². The van der Waals surface area contributed by atoms with E-state index < -0.39 is 60.6 Å². The zero-order valence-electron chi connectivity index (χ0n) is 18.4. The van der Waals surface area contributed by atoms with Gasteiger partial charge in [0.25, 0.3) is 0 Å². The Balaban J connectivity index is 2.94. The van der Waals surface area contributed by atoms with Crippen LogP contribution in [-0.4, -0.2) is 92.4 Å². The number of carbonyl (C=O) groups excluding carboxylic acids is 3. The van der Waals surface area contributed by atoms with E-state index in [1.807, 2.05) is 0 Å². The smallest absolute Gasteiger partial charge is 0.326 e. The van der Waals surface area contributed by atoms with E-state index in [2.05, 4.69) is 25.9 Å². The van der Waals surface area contributed by atoms with Gasteiger partial charge in [-0.3, -0.25) is 14.4 Å². The summed E-state index contributed by atoms with van der Waals surface area (Å²) in [7, 11) is 0. The van der Waals surface area contributed by atoms with Crippen molar-refractivity contribution in [2.24, 2.45) is 11.5 Å². The van der Waals surface area contributed by atoms with Crippen LogP contribution in [0.1, 0.15) is 31.9 Å². The molecule has 1 rings (SSSR count). The number of hydrogen-bond acceptors (Lipinski definition) is 9. The molecule has 0 bridgehead atoms. The standard InChI is InChI=1S/C19H33N7O7/c1-10(28)15(26-16(29)12(21)8-27)18(31)24-13(4-2-3-5-20)17(30)25-14(19(32)33)6-11-7-22-9-23-11/h7,9-10,12-15,27-28H,2-6,8,20-21H2,1H3,(H,22,23)(H,24,31)(H,25,30)(H,26,29)(H,32,33). The zero-order chi connectivity index (χ0) is 25.0. The lowest BCUT2D eigenvalue weighted by Crippen LogP contribution is -2.60. The third-order valence-corrected chi connectivity index (χ3v) is 4.77. The normalized spacial score (nSPS) is 15.5. The highest BCUT2D eigenvalue weighted by Crippen LogP contribution is 2.06. The lowest BCUT2D eigenvalue weighted by Gasteiger charge is -2.26. The molecule has 11 N–H and O–H groups in total. The fourth-order valence-corrected chi connectivity index (χ4v) is 2.86. The maximum Gasteiger partial charge on any atom is 0.326 e. The SMILES string of the molecule is CC(O)C(NC(=O)C(N)CO)C(=O)NC(CCCCN)C(=O)NC(Cc1cnc[nH]1)C(=O)O. The summed E-state index contributed by atoms with van der Waals surface area (Å²) < 4.78 is 0. The second kappa shape index (κ2) is 14.2. The molecule has 3 amide bonds. The van der Waals surface area contributed by atoms with Gasteiger partial charge in [0.2, 0.25) is 17.7 Å². The average Bonchev–Trinajstić information content (AvgIpc) is 3.28. The minimum Gasteiger partial charge on any atom is -0.480 e. The first-order valence-electron chi connectivity index (χ1n) is 10.5. The molecule has 186 valence electrons. The molecule has 5 unspecified atom stereocenters. The number of hydrogen-bond donors (Lipinski definition) is 9. The number of carbonyl (C=O) groups is 4. The van der Waals surface area contributed by atoms with Gasteiger partial charge < -0.3 is 47.7 Å². The van der Waals surface area contributed by atoms with Crippen molar-refractivity contribution in [2.75, 3.05) is 13.2 Å². The van der Waals surface area contributed by atoms with Gasteiger partial charge in [-0.2, -0.15) is 0 Å². The molecule has 33 heavy (non-hydrogen) atoms. The van der Waals surface area contributed by atoms with Crippen molar-refractivity contribution < 1.29 is 34.5 Å². The fourth-order valence-electron chi connectivity index (χ4n) is 2.86. The van der Waals surface area contributed by atoms with Crippen LogP contribution in [0.15, 0.2) is 12.5 Å². The van der Waals surface area contributed by atoms with Crippen LogP contribution in [0.4, 0.5) is 0 Å². The molecule has 0 aromatic carbocycles. The van der Waals surface area contributed by atoms with Crippen LogP contribution >= 0.6 is 0 Å². The summed E-state index contributed by atoms with van der Waals surface area (Å²) in [6, 6.07) is -5.21. The maximum atomic E-state index is 12.8. The zero-order valence-corrected chi connectivity index (χ0v) is 18.4. The van der Waals surface area contributed by atoms with E-state index in [0.29, 0.717) is 25.1 Å². The summed E-state index contributed by atoms with van der Waals surface area (Å²) in [5.41, 5.74) is 11.4. The number of amides is 3. The number of aromatic nitrogens is 2. The minimum absolute atomic E-state index is 0.0596. The summed E-state index contributed by atoms with van der Waals surface area (Å²) >= 11 is 0. The second-order valence-electron chi connectivity index (χ2n) is 7.54. The van der Waals surface area contributed by atoms with Gasteiger partial charge in [0.1, 0.15) is 24.2 Å². The first-order valence-corrected chi connectivity index (χ1v) is 10.5. The minimum atomic E-state index is -1.46.